The van der Waals surface area contributed by atoms with Crippen LogP contribution in [0.1, 0.15) is 21.7 Å². The van der Waals surface area contributed by atoms with E-state index in [9.17, 15) is 4.79 Å². The van der Waals surface area contributed by atoms with Crippen molar-refractivity contribution in [1.29, 1.82) is 0 Å². The number of hydrogen-bond acceptors (Lipinski definition) is 5. The Morgan fingerprint density at radius 2 is 1.97 bits per heavy atom. The number of carbonyl (C=O) groups excluding carboxylic acids is 1. The van der Waals surface area contributed by atoms with Gasteiger partial charge < -0.3 is 9.64 Å². The van der Waals surface area contributed by atoms with Gasteiger partial charge in [0.05, 0.1) is 10.2 Å². The summed E-state index contributed by atoms with van der Waals surface area (Å²) in [6.45, 7) is 6.10. The van der Waals surface area contributed by atoms with Crippen LogP contribution in [0.25, 0.3) is 0 Å². The lowest BCUT2D eigenvalue weighted by atomic mass is 10.2. The van der Waals surface area contributed by atoms with Gasteiger partial charge in [0.25, 0.3) is 5.91 Å². The van der Waals surface area contributed by atoms with E-state index < -0.39 is 0 Å². The van der Waals surface area contributed by atoms with Crippen molar-refractivity contribution in [2.45, 2.75) is 20.2 Å². The van der Waals surface area contributed by atoms with Crippen molar-refractivity contribution in [1.82, 2.24) is 29.4 Å². The number of rotatable bonds is 6. The third-order valence-corrected chi connectivity index (χ3v) is 6.13. The molecular weight excluding hydrogens is 484 g/mol. The topological polar surface area (TPSA) is 68.4 Å². The number of aryl methyl sites for hydroxylation is 2. The van der Waals surface area contributed by atoms with Crippen molar-refractivity contribution in [3.05, 3.63) is 63.1 Å². The Bertz CT molecular complexity index is 1070. The van der Waals surface area contributed by atoms with Crippen molar-refractivity contribution in [2.24, 2.45) is 7.05 Å². The zero-order valence-electron chi connectivity index (χ0n) is 17.5. The average Bonchev–Trinajstić information content (AvgIpc) is 3.33. The Morgan fingerprint density at radius 3 is 2.65 bits per heavy atom. The fourth-order valence-electron chi connectivity index (χ4n) is 3.59. The summed E-state index contributed by atoms with van der Waals surface area (Å²) in [5, 5.41) is 9.41. The summed E-state index contributed by atoms with van der Waals surface area (Å²) in [5.41, 5.74) is 2.71. The lowest BCUT2D eigenvalue weighted by Crippen LogP contribution is -2.48. The molecule has 0 spiro atoms. The summed E-state index contributed by atoms with van der Waals surface area (Å²) in [4.78, 5) is 17.1. The summed E-state index contributed by atoms with van der Waals surface area (Å²) in [6, 6.07) is 7.04. The van der Waals surface area contributed by atoms with E-state index >= 15 is 0 Å². The second-order valence-electron chi connectivity index (χ2n) is 7.57. The first-order chi connectivity index (χ1) is 14.9. The smallest absolute Gasteiger partial charge is 0.274 e. The van der Waals surface area contributed by atoms with E-state index in [1.807, 2.05) is 23.6 Å². The Hall–Kier alpha value is -2.36. The van der Waals surface area contributed by atoms with E-state index in [0.717, 1.165) is 29.8 Å². The van der Waals surface area contributed by atoms with Crippen LogP contribution in [0.3, 0.4) is 0 Å². The molecule has 1 fully saturated rings. The SMILES string of the molecule is Cc1nn(C)cc1CN1CCN(C(=O)c2ccn(COc3ccc(Cl)cc3Br)n2)CC1. The summed E-state index contributed by atoms with van der Waals surface area (Å²) < 4.78 is 9.97. The highest BCUT2D eigenvalue weighted by molar-refractivity contribution is 9.10. The average molecular weight is 508 g/mol. The first kappa shape index (κ1) is 21.9. The summed E-state index contributed by atoms with van der Waals surface area (Å²) in [5.74, 6) is 0.608. The fourth-order valence-corrected chi connectivity index (χ4v) is 4.39. The van der Waals surface area contributed by atoms with Crippen molar-refractivity contribution in [3.63, 3.8) is 0 Å². The number of benzene rings is 1. The van der Waals surface area contributed by atoms with Crippen LogP contribution in [0.2, 0.25) is 5.02 Å². The van der Waals surface area contributed by atoms with Gasteiger partial charge in [-0.25, -0.2) is 4.68 Å². The molecule has 164 valence electrons. The highest BCUT2D eigenvalue weighted by Crippen LogP contribution is 2.28. The predicted octanol–water partition coefficient (Wildman–Crippen LogP) is 3.34. The van der Waals surface area contributed by atoms with Crippen LogP contribution in [0, 0.1) is 6.92 Å². The van der Waals surface area contributed by atoms with Gasteiger partial charge in [-0.3, -0.25) is 14.4 Å². The number of hydrogen-bond donors (Lipinski definition) is 0. The number of carbonyl (C=O) groups is 1. The number of ether oxygens (including phenoxy) is 1. The number of nitrogens with zero attached hydrogens (tertiary/aromatic N) is 6. The maximum atomic E-state index is 12.9. The maximum absolute atomic E-state index is 12.9. The first-order valence-corrected chi connectivity index (χ1v) is 11.2. The summed E-state index contributed by atoms with van der Waals surface area (Å²) in [6.07, 6.45) is 3.81. The van der Waals surface area contributed by atoms with Gasteiger partial charge in [0.1, 0.15) is 5.75 Å². The van der Waals surface area contributed by atoms with Crippen LogP contribution in [0.5, 0.6) is 5.75 Å². The monoisotopic (exact) mass is 506 g/mol. The number of halogens is 2. The normalized spacial score (nSPS) is 14.8. The van der Waals surface area contributed by atoms with Gasteiger partial charge in [0.15, 0.2) is 12.4 Å². The molecule has 1 aliphatic rings. The molecule has 0 aliphatic carbocycles. The third kappa shape index (κ3) is 5.28. The third-order valence-electron chi connectivity index (χ3n) is 5.27. The molecule has 3 aromatic rings. The van der Waals surface area contributed by atoms with Gasteiger partial charge in [0, 0.05) is 62.8 Å². The van der Waals surface area contributed by atoms with E-state index in [1.165, 1.54) is 5.56 Å². The Kier molecular flexibility index (Phi) is 6.64. The fraction of sp³-hybridized carbons (Fsp3) is 0.381. The van der Waals surface area contributed by atoms with Crippen LogP contribution in [0.4, 0.5) is 0 Å². The molecule has 0 radical (unpaired) electrons. The van der Waals surface area contributed by atoms with E-state index in [-0.39, 0.29) is 12.6 Å². The lowest BCUT2D eigenvalue weighted by molar-refractivity contribution is 0.0620. The molecule has 1 amide bonds. The quantitative estimate of drug-likeness (QED) is 0.512. The minimum Gasteiger partial charge on any atom is -0.470 e. The highest BCUT2D eigenvalue weighted by atomic mass is 79.9. The van der Waals surface area contributed by atoms with Crippen LogP contribution < -0.4 is 4.74 Å². The second kappa shape index (κ2) is 9.42. The van der Waals surface area contributed by atoms with Crippen molar-refractivity contribution >= 4 is 33.4 Å². The van der Waals surface area contributed by atoms with Crippen molar-refractivity contribution in [2.75, 3.05) is 26.2 Å². The first-order valence-electron chi connectivity index (χ1n) is 10.0. The molecule has 0 bridgehead atoms. The molecule has 31 heavy (non-hydrogen) atoms. The van der Waals surface area contributed by atoms with Crippen LogP contribution in [-0.2, 0) is 20.3 Å². The lowest BCUT2D eigenvalue weighted by Gasteiger charge is -2.34. The molecule has 0 saturated carbocycles. The molecule has 4 rings (SSSR count). The van der Waals surface area contributed by atoms with Gasteiger partial charge in [0.2, 0.25) is 0 Å². The molecule has 0 atom stereocenters. The number of aromatic nitrogens is 4. The largest absolute Gasteiger partial charge is 0.470 e. The van der Waals surface area contributed by atoms with Crippen molar-refractivity contribution in [3.8, 4) is 5.75 Å². The van der Waals surface area contributed by atoms with E-state index in [2.05, 4.69) is 37.2 Å². The summed E-state index contributed by atoms with van der Waals surface area (Å²) >= 11 is 9.37. The summed E-state index contributed by atoms with van der Waals surface area (Å²) in [7, 11) is 1.94. The molecule has 1 aromatic carbocycles. The van der Waals surface area contributed by atoms with Crippen molar-refractivity contribution < 1.29 is 9.53 Å². The zero-order valence-corrected chi connectivity index (χ0v) is 19.8. The molecular formula is C21H24BrClN6O2. The van der Waals surface area contributed by atoms with Gasteiger partial charge >= 0.3 is 0 Å². The molecule has 2 aromatic heterocycles. The minimum absolute atomic E-state index is 0.0522. The molecule has 1 aliphatic heterocycles. The zero-order chi connectivity index (χ0) is 22.0. The van der Waals surface area contributed by atoms with Gasteiger partial charge in [-0.15, -0.1) is 0 Å². The molecule has 8 nitrogen and oxygen atoms in total. The van der Waals surface area contributed by atoms with Gasteiger partial charge in [-0.1, -0.05) is 11.6 Å². The van der Waals surface area contributed by atoms with Gasteiger partial charge in [-0.05, 0) is 47.1 Å². The molecule has 3 heterocycles. The van der Waals surface area contributed by atoms with E-state index in [4.69, 9.17) is 16.3 Å². The maximum Gasteiger partial charge on any atom is 0.274 e. The van der Waals surface area contributed by atoms with E-state index in [0.29, 0.717) is 29.6 Å². The molecule has 10 heteroatoms. The minimum atomic E-state index is -0.0522. The Morgan fingerprint density at radius 1 is 1.19 bits per heavy atom. The molecule has 0 unspecified atom stereocenters. The van der Waals surface area contributed by atoms with E-state index in [1.54, 1.807) is 35.1 Å². The Labute approximate surface area is 194 Å². The number of amides is 1. The number of piperazine rings is 1. The Balaban J connectivity index is 1.29. The van der Waals surface area contributed by atoms with Crippen LogP contribution in [-0.4, -0.2) is 61.4 Å². The van der Waals surface area contributed by atoms with Crippen LogP contribution >= 0.6 is 27.5 Å². The predicted molar refractivity (Wildman–Crippen MR) is 121 cm³/mol. The molecule has 1 saturated heterocycles. The highest BCUT2D eigenvalue weighted by Gasteiger charge is 2.24. The second-order valence-corrected chi connectivity index (χ2v) is 8.86. The van der Waals surface area contributed by atoms with Gasteiger partial charge in [-0.2, -0.15) is 10.2 Å². The standard InChI is InChI=1S/C21H24BrClN6O2/c1-15-16(12-26(2)24-15)13-27-7-9-28(10-8-27)21(30)19-5-6-29(25-19)14-31-20-4-3-17(23)11-18(20)22/h3-6,11-12H,7-10,13-14H2,1-2H3. The van der Waals surface area contributed by atoms with Crippen LogP contribution in [0.15, 0.2) is 41.1 Å². The molecule has 0 N–H and O–H groups in total.